The van der Waals surface area contributed by atoms with Gasteiger partial charge in [0, 0.05) is 12.5 Å². The lowest BCUT2D eigenvalue weighted by Gasteiger charge is -2.40. The molecule has 22 heavy (non-hydrogen) atoms. The molecule has 6 heteroatoms. The average Bonchev–Trinajstić information content (AvgIpc) is 2.40. The van der Waals surface area contributed by atoms with Crippen molar-refractivity contribution >= 4 is 6.09 Å². The van der Waals surface area contributed by atoms with Crippen molar-refractivity contribution < 1.29 is 18.3 Å². The normalized spacial score (nSPS) is 26.8. The Labute approximate surface area is 131 Å². The second-order valence-corrected chi connectivity index (χ2v) is 7.58. The van der Waals surface area contributed by atoms with E-state index in [0.29, 0.717) is 25.3 Å². The van der Waals surface area contributed by atoms with Crippen molar-refractivity contribution in [1.82, 2.24) is 10.2 Å². The molecular weight excluding hydrogens is 290 g/mol. The number of likely N-dealkylation sites (tertiary alicyclic amines) is 1. The number of carbonyl (C=O) groups excluding carboxylic acids is 1. The van der Waals surface area contributed by atoms with Gasteiger partial charge in [0.1, 0.15) is 5.60 Å². The van der Waals surface area contributed by atoms with E-state index in [1.54, 1.807) is 20.8 Å². The molecule has 2 aliphatic heterocycles. The molecule has 0 aromatic heterocycles. The van der Waals surface area contributed by atoms with E-state index in [4.69, 9.17) is 4.74 Å². The molecular formula is C16H28F2N2O2. The average molecular weight is 318 g/mol. The summed E-state index contributed by atoms with van der Waals surface area (Å²) in [5.41, 5.74) is -0.654. The predicted octanol–water partition coefficient (Wildman–Crippen LogP) is 3.27. The van der Waals surface area contributed by atoms with Gasteiger partial charge in [0.25, 0.3) is 5.92 Å². The molecule has 0 saturated carbocycles. The summed E-state index contributed by atoms with van der Waals surface area (Å²) >= 11 is 0. The minimum absolute atomic E-state index is 0.357. The van der Waals surface area contributed by atoms with Crippen LogP contribution in [0.2, 0.25) is 0 Å². The van der Waals surface area contributed by atoms with Crippen molar-refractivity contribution in [2.45, 2.75) is 58.0 Å². The first kappa shape index (κ1) is 17.4. The van der Waals surface area contributed by atoms with Crippen LogP contribution in [-0.2, 0) is 4.74 Å². The van der Waals surface area contributed by atoms with Crippen LogP contribution < -0.4 is 5.32 Å². The molecule has 0 aliphatic carbocycles. The maximum absolute atomic E-state index is 14.4. The fraction of sp³-hybridized carbons (Fsp3) is 0.938. The lowest BCUT2D eigenvalue weighted by molar-refractivity contribution is -0.117. The third kappa shape index (κ3) is 4.80. The van der Waals surface area contributed by atoms with Crippen molar-refractivity contribution in [2.75, 3.05) is 26.2 Å². The number of rotatable bonds is 2. The molecule has 2 aliphatic rings. The molecule has 1 amide bonds. The van der Waals surface area contributed by atoms with Gasteiger partial charge in [0.05, 0.1) is 6.54 Å². The fourth-order valence-corrected chi connectivity index (χ4v) is 3.28. The van der Waals surface area contributed by atoms with Crippen LogP contribution >= 0.6 is 0 Å². The van der Waals surface area contributed by atoms with Gasteiger partial charge in [-0.05, 0) is 65.5 Å². The highest BCUT2D eigenvalue weighted by molar-refractivity contribution is 5.68. The Morgan fingerprint density at radius 3 is 2.45 bits per heavy atom. The van der Waals surface area contributed by atoms with Crippen LogP contribution in [0.5, 0.6) is 0 Å². The highest BCUT2D eigenvalue weighted by atomic mass is 19.3. The van der Waals surface area contributed by atoms with Gasteiger partial charge in [-0.2, -0.15) is 0 Å². The van der Waals surface area contributed by atoms with Crippen molar-refractivity contribution in [3.05, 3.63) is 0 Å². The quantitative estimate of drug-likeness (QED) is 0.849. The molecule has 1 unspecified atom stereocenters. The van der Waals surface area contributed by atoms with E-state index >= 15 is 0 Å². The zero-order valence-corrected chi connectivity index (χ0v) is 13.8. The van der Waals surface area contributed by atoms with Crippen LogP contribution in [0.25, 0.3) is 0 Å². The van der Waals surface area contributed by atoms with Crippen molar-refractivity contribution in [3.8, 4) is 0 Å². The molecule has 0 aromatic rings. The molecule has 2 heterocycles. The first-order chi connectivity index (χ1) is 10.2. The van der Waals surface area contributed by atoms with Crippen molar-refractivity contribution in [3.63, 3.8) is 0 Å². The minimum atomic E-state index is -2.82. The number of ether oxygens (including phenoxy) is 1. The molecule has 2 rings (SSSR count). The molecule has 4 nitrogen and oxygen atoms in total. The highest BCUT2D eigenvalue weighted by Gasteiger charge is 2.47. The fourth-order valence-electron chi connectivity index (χ4n) is 3.28. The van der Waals surface area contributed by atoms with Gasteiger partial charge in [-0.3, -0.25) is 0 Å². The Hall–Kier alpha value is -0.910. The first-order valence-corrected chi connectivity index (χ1v) is 8.24. The topological polar surface area (TPSA) is 41.6 Å². The second-order valence-electron chi connectivity index (χ2n) is 7.58. The van der Waals surface area contributed by atoms with Gasteiger partial charge < -0.3 is 15.0 Å². The molecule has 2 fully saturated rings. The van der Waals surface area contributed by atoms with E-state index in [0.717, 1.165) is 30.8 Å². The van der Waals surface area contributed by atoms with Crippen LogP contribution in [0.1, 0.15) is 46.5 Å². The zero-order chi connectivity index (χ0) is 16.4. The number of halogens is 2. The summed E-state index contributed by atoms with van der Waals surface area (Å²) in [6.45, 7) is 6.92. The molecule has 128 valence electrons. The maximum Gasteiger partial charge on any atom is 0.410 e. The van der Waals surface area contributed by atoms with Crippen LogP contribution in [0, 0.1) is 11.8 Å². The van der Waals surface area contributed by atoms with Crippen LogP contribution in [0.3, 0.4) is 0 Å². The summed E-state index contributed by atoms with van der Waals surface area (Å²) in [6, 6.07) is 0. The minimum Gasteiger partial charge on any atom is -0.444 e. The van der Waals surface area contributed by atoms with Crippen LogP contribution in [0.4, 0.5) is 13.6 Å². The lowest BCUT2D eigenvalue weighted by atomic mass is 9.81. The summed E-state index contributed by atoms with van der Waals surface area (Å²) in [5, 5.41) is 3.26. The largest absolute Gasteiger partial charge is 0.444 e. The molecule has 0 radical (unpaired) electrons. The number of nitrogens with zero attached hydrogens (tertiary/aromatic N) is 1. The van der Waals surface area contributed by atoms with Gasteiger partial charge in [-0.25, -0.2) is 13.6 Å². The smallest absolute Gasteiger partial charge is 0.410 e. The van der Waals surface area contributed by atoms with Gasteiger partial charge in [0.2, 0.25) is 0 Å². The predicted molar refractivity (Wildman–Crippen MR) is 81.1 cm³/mol. The lowest BCUT2D eigenvalue weighted by Crippen LogP contribution is -2.52. The summed E-state index contributed by atoms with van der Waals surface area (Å²) in [4.78, 5) is 13.1. The zero-order valence-electron chi connectivity index (χ0n) is 13.8. The van der Waals surface area contributed by atoms with E-state index in [1.165, 1.54) is 0 Å². The molecule has 2 saturated heterocycles. The molecule has 0 bridgehead atoms. The van der Waals surface area contributed by atoms with Crippen molar-refractivity contribution in [1.29, 1.82) is 0 Å². The Morgan fingerprint density at radius 2 is 1.91 bits per heavy atom. The van der Waals surface area contributed by atoms with Crippen LogP contribution in [0.15, 0.2) is 0 Å². The van der Waals surface area contributed by atoms with E-state index in [9.17, 15) is 13.6 Å². The Kier molecular flexibility index (Phi) is 5.30. The van der Waals surface area contributed by atoms with E-state index in [2.05, 4.69) is 5.32 Å². The number of nitrogens with one attached hydrogen (secondary N) is 1. The Morgan fingerprint density at radius 1 is 1.27 bits per heavy atom. The SMILES string of the molecule is CC(C)(C)OC(=O)N1CCC(CC2CCNCC2)C(F)(F)C1. The van der Waals surface area contributed by atoms with E-state index < -0.39 is 30.1 Å². The van der Waals surface area contributed by atoms with Gasteiger partial charge >= 0.3 is 6.09 Å². The van der Waals surface area contributed by atoms with Crippen molar-refractivity contribution in [2.24, 2.45) is 11.8 Å². The number of hydrogen-bond acceptors (Lipinski definition) is 3. The highest BCUT2D eigenvalue weighted by Crippen LogP contribution is 2.38. The molecule has 1 atom stereocenters. The summed E-state index contributed by atoms with van der Waals surface area (Å²) in [5.74, 6) is -3.06. The van der Waals surface area contributed by atoms with Gasteiger partial charge in [0.15, 0.2) is 0 Å². The number of piperidine rings is 2. The molecule has 1 N–H and O–H groups in total. The summed E-state index contributed by atoms with van der Waals surface area (Å²) in [6.07, 6.45) is 2.24. The summed E-state index contributed by atoms with van der Waals surface area (Å²) in [7, 11) is 0. The monoisotopic (exact) mass is 318 g/mol. The maximum atomic E-state index is 14.4. The van der Waals surface area contributed by atoms with E-state index in [1.807, 2.05) is 0 Å². The molecule has 0 spiro atoms. The third-order valence-electron chi connectivity index (χ3n) is 4.47. The number of amides is 1. The number of carbonyl (C=O) groups is 1. The molecule has 0 aromatic carbocycles. The van der Waals surface area contributed by atoms with E-state index in [-0.39, 0.29) is 0 Å². The summed E-state index contributed by atoms with van der Waals surface area (Å²) < 4.78 is 34.0. The second kappa shape index (κ2) is 6.69. The standard InChI is InChI=1S/C16H28F2N2O2/c1-15(2,3)22-14(21)20-9-6-13(16(17,18)11-20)10-12-4-7-19-8-5-12/h12-13,19H,4-11H2,1-3H3. The van der Waals surface area contributed by atoms with Crippen LogP contribution in [-0.4, -0.2) is 48.7 Å². The number of alkyl halides is 2. The Bertz CT molecular complexity index is 390. The van der Waals surface area contributed by atoms with Gasteiger partial charge in [-0.1, -0.05) is 0 Å². The third-order valence-corrected chi connectivity index (χ3v) is 4.47. The first-order valence-electron chi connectivity index (χ1n) is 8.24. The number of hydrogen-bond donors (Lipinski definition) is 1. The Balaban J connectivity index is 1.89. The van der Waals surface area contributed by atoms with Gasteiger partial charge in [-0.15, -0.1) is 0 Å².